The van der Waals surface area contributed by atoms with E-state index < -0.39 is 15.1 Å². The lowest BCUT2D eigenvalue weighted by Gasteiger charge is -2.40. The molecule has 0 aliphatic heterocycles. The van der Waals surface area contributed by atoms with Crippen LogP contribution in [0.3, 0.4) is 0 Å². The molecule has 0 aliphatic rings. The summed E-state index contributed by atoms with van der Waals surface area (Å²) in [5.74, 6) is 0.875. The van der Waals surface area contributed by atoms with Crippen molar-refractivity contribution in [2.75, 3.05) is 0 Å². The Morgan fingerprint density at radius 2 is 1.56 bits per heavy atom. The van der Waals surface area contributed by atoms with Crippen LogP contribution in [-0.2, 0) is 6.61 Å². The van der Waals surface area contributed by atoms with E-state index >= 15 is 0 Å². The highest BCUT2D eigenvalue weighted by Crippen LogP contribution is 3.02. The lowest BCUT2D eigenvalue weighted by molar-refractivity contribution is 0.301. The molecule has 0 unspecified atom stereocenters. The van der Waals surface area contributed by atoms with E-state index in [2.05, 4.69) is 4.98 Å². The Bertz CT molecular complexity index is 952. The first-order valence-corrected chi connectivity index (χ1v) is 9.59. The van der Waals surface area contributed by atoms with Crippen LogP contribution in [0, 0.1) is 0 Å². The molecule has 2 aromatic carbocycles. The van der Waals surface area contributed by atoms with Crippen LogP contribution in [0.1, 0.15) is 17.1 Å². The number of nitrogens with zero attached hydrogens (tertiary/aromatic N) is 1. The summed E-state index contributed by atoms with van der Waals surface area (Å²) in [6, 6.07) is 11.7. The van der Waals surface area contributed by atoms with Gasteiger partial charge in [-0.25, -0.2) is 4.98 Å². The van der Waals surface area contributed by atoms with E-state index in [-0.39, 0.29) is 12.5 Å². The average Bonchev–Trinajstić information content (AvgIpc) is 3.05. The van der Waals surface area contributed by atoms with Gasteiger partial charge in [0, 0.05) is 6.08 Å². The summed E-state index contributed by atoms with van der Waals surface area (Å²) < 4.78 is 74.1. The van der Waals surface area contributed by atoms with Crippen molar-refractivity contribution in [1.29, 1.82) is 0 Å². The number of ether oxygens (including phenoxy) is 1. The van der Waals surface area contributed by atoms with Gasteiger partial charge in [0.25, 0.3) is 0 Å². The van der Waals surface area contributed by atoms with Crippen LogP contribution in [0.5, 0.6) is 5.75 Å². The third kappa shape index (κ3) is 5.33. The van der Waals surface area contributed by atoms with Gasteiger partial charge in [0.15, 0.2) is 0 Å². The van der Waals surface area contributed by atoms with Crippen molar-refractivity contribution < 1.29 is 28.6 Å². The molecule has 0 N–H and O–H groups in total. The van der Waals surface area contributed by atoms with Gasteiger partial charge in [0.05, 0.1) is 0 Å². The Balaban J connectivity index is 1.64. The van der Waals surface area contributed by atoms with Gasteiger partial charge in [0.1, 0.15) is 29.2 Å². The van der Waals surface area contributed by atoms with E-state index in [0.717, 1.165) is 12.1 Å². The van der Waals surface area contributed by atoms with Crippen molar-refractivity contribution in [2.45, 2.75) is 11.5 Å². The van der Waals surface area contributed by atoms with Crippen LogP contribution in [0.2, 0.25) is 0 Å². The molecule has 3 rings (SSSR count). The average molecular weight is 403 g/mol. The SMILES string of the molecule is FS(F)(F)(F)(F)c1ccc(C=Cc2nc(COc3ccccc3)co2)cc1. The minimum atomic E-state index is -9.65. The first-order chi connectivity index (χ1) is 12.5. The third-order valence-electron chi connectivity index (χ3n) is 3.44. The standard InChI is InChI=1S/C18H14F5NO2S/c19-27(20,21,22,23)17-9-6-14(7-10-17)8-11-18-24-15(13-26-18)12-25-16-4-2-1-3-5-16/h1-11,13H,12H2. The number of hydrogen-bond donors (Lipinski definition) is 0. The Kier molecular flexibility index (Phi) is 4.30. The molecule has 27 heavy (non-hydrogen) atoms. The smallest absolute Gasteiger partial charge is 0.310 e. The molecule has 1 aromatic heterocycles. The van der Waals surface area contributed by atoms with E-state index in [9.17, 15) is 19.4 Å². The highest BCUT2D eigenvalue weighted by Gasteiger charge is 2.65. The van der Waals surface area contributed by atoms with Crippen molar-refractivity contribution in [1.82, 2.24) is 4.98 Å². The number of benzene rings is 2. The molecule has 1 heterocycles. The topological polar surface area (TPSA) is 35.3 Å². The van der Waals surface area contributed by atoms with Gasteiger partial charge in [-0.2, -0.15) is 0 Å². The lowest BCUT2D eigenvalue weighted by atomic mass is 10.2. The maximum absolute atomic E-state index is 12.7. The zero-order valence-electron chi connectivity index (χ0n) is 13.7. The molecule has 144 valence electrons. The minimum Gasteiger partial charge on any atom is -0.487 e. The molecule has 0 fully saturated rings. The second-order valence-corrected chi connectivity index (χ2v) is 8.06. The van der Waals surface area contributed by atoms with Gasteiger partial charge < -0.3 is 9.15 Å². The van der Waals surface area contributed by atoms with Crippen LogP contribution in [0.25, 0.3) is 12.2 Å². The normalized spacial score (nSPS) is 14.7. The maximum atomic E-state index is 12.7. The third-order valence-corrected chi connectivity index (χ3v) is 4.61. The van der Waals surface area contributed by atoms with E-state index in [4.69, 9.17) is 9.15 Å². The Hall–Kier alpha value is -2.81. The van der Waals surface area contributed by atoms with Crippen LogP contribution < -0.4 is 4.74 Å². The quantitative estimate of drug-likeness (QED) is 0.413. The van der Waals surface area contributed by atoms with Gasteiger partial charge in [-0.05, 0) is 35.9 Å². The fourth-order valence-corrected chi connectivity index (χ4v) is 2.79. The largest absolute Gasteiger partial charge is 0.487 e. The predicted octanol–water partition coefficient (Wildman–Crippen LogP) is 7.08. The van der Waals surface area contributed by atoms with Crippen molar-refractivity contribution in [3.8, 4) is 5.75 Å². The fourth-order valence-electron chi connectivity index (χ4n) is 2.14. The van der Waals surface area contributed by atoms with Gasteiger partial charge in [-0.1, -0.05) is 49.8 Å². The summed E-state index contributed by atoms with van der Waals surface area (Å²) in [6.07, 6.45) is 4.21. The van der Waals surface area contributed by atoms with Crippen LogP contribution in [-0.4, -0.2) is 4.98 Å². The van der Waals surface area contributed by atoms with Gasteiger partial charge in [0.2, 0.25) is 5.89 Å². The molecular formula is C18H14F5NO2S. The van der Waals surface area contributed by atoms with Crippen molar-refractivity contribution in [2.24, 2.45) is 0 Å². The molecule has 0 atom stereocenters. The zero-order chi connectivity index (χ0) is 19.6. The number of oxazole rings is 1. The molecule has 9 heteroatoms. The van der Waals surface area contributed by atoms with Crippen molar-refractivity contribution in [3.63, 3.8) is 0 Å². The molecule has 0 bridgehead atoms. The molecular weight excluding hydrogens is 389 g/mol. The van der Waals surface area contributed by atoms with Crippen molar-refractivity contribution in [3.05, 3.63) is 78.0 Å². The molecule has 0 spiro atoms. The summed E-state index contributed by atoms with van der Waals surface area (Å²) >= 11 is 0. The second-order valence-electron chi connectivity index (χ2n) is 5.65. The molecule has 0 radical (unpaired) electrons. The lowest BCUT2D eigenvalue weighted by Crippen LogP contribution is -2.05. The van der Waals surface area contributed by atoms with E-state index in [1.165, 1.54) is 18.4 Å². The Morgan fingerprint density at radius 1 is 0.889 bits per heavy atom. The Labute approximate surface area is 151 Å². The van der Waals surface area contributed by atoms with Crippen LogP contribution in [0.15, 0.2) is 70.2 Å². The summed E-state index contributed by atoms with van der Waals surface area (Å²) in [7, 11) is -9.65. The molecule has 3 nitrogen and oxygen atoms in total. The highest BCUT2D eigenvalue weighted by molar-refractivity contribution is 8.45. The van der Waals surface area contributed by atoms with E-state index in [1.54, 1.807) is 12.1 Å². The summed E-state index contributed by atoms with van der Waals surface area (Å²) in [6.45, 7) is 0.181. The molecule has 3 aromatic rings. The summed E-state index contributed by atoms with van der Waals surface area (Å²) in [4.78, 5) is 2.22. The van der Waals surface area contributed by atoms with Crippen molar-refractivity contribution >= 4 is 22.4 Å². The second kappa shape index (κ2) is 6.12. The van der Waals surface area contributed by atoms with Gasteiger partial charge in [-0.15, -0.1) is 0 Å². The first-order valence-electron chi connectivity index (χ1n) is 7.64. The summed E-state index contributed by atoms with van der Waals surface area (Å²) in [5, 5.41) is 0. The molecule has 0 amide bonds. The van der Waals surface area contributed by atoms with E-state index in [0.29, 0.717) is 29.1 Å². The van der Waals surface area contributed by atoms with E-state index in [1.807, 2.05) is 18.2 Å². The predicted molar refractivity (Wildman–Crippen MR) is 94.0 cm³/mol. The highest BCUT2D eigenvalue weighted by atomic mass is 32.5. The number of aromatic nitrogens is 1. The monoisotopic (exact) mass is 403 g/mol. The first kappa shape index (κ1) is 19.0. The molecule has 0 aliphatic carbocycles. The maximum Gasteiger partial charge on any atom is 0.310 e. The number of para-hydroxylation sites is 1. The fraction of sp³-hybridized carbons (Fsp3) is 0.0556. The number of halogens is 5. The minimum absolute atomic E-state index is 0.181. The number of rotatable bonds is 6. The van der Waals surface area contributed by atoms with Crippen LogP contribution in [0.4, 0.5) is 19.4 Å². The number of hydrogen-bond acceptors (Lipinski definition) is 3. The molecule has 0 saturated heterocycles. The van der Waals surface area contributed by atoms with Crippen LogP contribution >= 0.6 is 10.2 Å². The Morgan fingerprint density at radius 3 is 2.19 bits per heavy atom. The zero-order valence-corrected chi connectivity index (χ0v) is 14.5. The summed E-state index contributed by atoms with van der Waals surface area (Å²) in [5.41, 5.74) is 0.815. The molecule has 0 saturated carbocycles. The van der Waals surface area contributed by atoms with Gasteiger partial charge in [-0.3, -0.25) is 0 Å². The van der Waals surface area contributed by atoms with Gasteiger partial charge >= 0.3 is 10.2 Å².